The number of carbonyl (C=O) groups excluding carboxylic acids is 1. The van der Waals surface area contributed by atoms with Gasteiger partial charge >= 0.3 is 6.61 Å². The van der Waals surface area contributed by atoms with Gasteiger partial charge in [0, 0.05) is 41.6 Å². The molecular formula is C22H19F2N5O2. The molecule has 4 aromatic rings. The van der Waals surface area contributed by atoms with Gasteiger partial charge in [-0.25, -0.2) is 4.98 Å². The van der Waals surface area contributed by atoms with Crippen LogP contribution in [0.1, 0.15) is 12.5 Å². The summed E-state index contributed by atoms with van der Waals surface area (Å²) in [4.78, 5) is 20.2. The summed E-state index contributed by atoms with van der Waals surface area (Å²) < 4.78 is 31.9. The van der Waals surface area contributed by atoms with E-state index in [0.717, 1.165) is 5.39 Å². The lowest BCUT2D eigenvalue weighted by Crippen LogP contribution is -2.07. The average Bonchev–Trinajstić information content (AvgIpc) is 3.11. The van der Waals surface area contributed by atoms with E-state index in [9.17, 15) is 13.6 Å². The number of hydrogen-bond acceptors (Lipinski definition) is 5. The van der Waals surface area contributed by atoms with Crippen molar-refractivity contribution in [3.05, 3.63) is 72.6 Å². The van der Waals surface area contributed by atoms with Crippen LogP contribution in [0.2, 0.25) is 0 Å². The van der Waals surface area contributed by atoms with Gasteiger partial charge in [-0.3, -0.25) is 4.79 Å². The second-order valence-corrected chi connectivity index (χ2v) is 6.79. The molecular weight excluding hydrogens is 404 g/mol. The van der Waals surface area contributed by atoms with Crippen LogP contribution < -0.4 is 15.4 Å². The van der Waals surface area contributed by atoms with Crippen LogP contribution in [-0.4, -0.2) is 27.1 Å². The van der Waals surface area contributed by atoms with Gasteiger partial charge in [0.2, 0.25) is 11.9 Å². The number of amides is 1. The van der Waals surface area contributed by atoms with Crippen LogP contribution in [-0.2, 0) is 11.3 Å². The number of anilines is 3. The number of fused-ring (bicyclic) bond motifs is 1. The molecule has 0 aliphatic rings. The van der Waals surface area contributed by atoms with E-state index in [2.05, 4.69) is 25.3 Å². The lowest BCUT2D eigenvalue weighted by atomic mass is 10.2. The van der Waals surface area contributed by atoms with Gasteiger partial charge in [0.1, 0.15) is 11.4 Å². The summed E-state index contributed by atoms with van der Waals surface area (Å²) in [6.45, 7) is -1.15. The third-order valence-corrected chi connectivity index (χ3v) is 4.47. The lowest BCUT2D eigenvalue weighted by molar-refractivity contribution is -0.114. The van der Waals surface area contributed by atoms with E-state index in [1.54, 1.807) is 42.6 Å². The molecule has 31 heavy (non-hydrogen) atoms. The minimum Gasteiger partial charge on any atom is -0.434 e. The molecule has 2 heterocycles. The minimum atomic E-state index is -2.89. The molecule has 0 saturated heterocycles. The molecule has 0 aliphatic heterocycles. The Labute approximate surface area is 176 Å². The molecule has 0 unspecified atom stereocenters. The number of alkyl halides is 2. The number of halogens is 2. The maximum Gasteiger partial charge on any atom is 0.387 e. The Kier molecular flexibility index (Phi) is 5.74. The minimum absolute atomic E-state index is 0.126. The molecule has 0 spiro atoms. The molecule has 0 radical (unpaired) electrons. The van der Waals surface area contributed by atoms with E-state index in [4.69, 9.17) is 0 Å². The van der Waals surface area contributed by atoms with E-state index in [0.29, 0.717) is 35.1 Å². The molecule has 0 aliphatic carbocycles. The summed E-state index contributed by atoms with van der Waals surface area (Å²) in [6.07, 6.45) is 3.50. The van der Waals surface area contributed by atoms with E-state index in [1.807, 2.05) is 22.9 Å². The van der Waals surface area contributed by atoms with Gasteiger partial charge in [-0.2, -0.15) is 13.8 Å². The first-order valence-electron chi connectivity index (χ1n) is 9.47. The molecule has 9 heteroatoms. The van der Waals surface area contributed by atoms with E-state index < -0.39 is 6.61 Å². The first kappa shape index (κ1) is 20.3. The van der Waals surface area contributed by atoms with Crippen LogP contribution in [0.3, 0.4) is 0 Å². The van der Waals surface area contributed by atoms with Gasteiger partial charge in [-0.15, -0.1) is 0 Å². The second-order valence-electron chi connectivity index (χ2n) is 6.79. The zero-order chi connectivity index (χ0) is 21.8. The largest absolute Gasteiger partial charge is 0.434 e. The predicted octanol–water partition coefficient (Wildman–Crippen LogP) is 4.78. The van der Waals surface area contributed by atoms with Crippen molar-refractivity contribution < 1.29 is 18.3 Å². The van der Waals surface area contributed by atoms with Crippen molar-refractivity contribution in [2.24, 2.45) is 0 Å². The third-order valence-electron chi connectivity index (χ3n) is 4.47. The number of benzene rings is 2. The number of ether oxygens (including phenoxy) is 1. The SMILES string of the molecule is CC(=O)Nc1cccc(Nc2ncc3ccn(Cc4ccccc4OC(F)F)c3n2)c1. The fourth-order valence-corrected chi connectivity index (χ4v) is 3.19. The molecule has 158 valence electrons. The van der Waals surface area contributed by atoms with Crippen molar-refractivity contribution in [3.8, 4) is 5.75 Å². The Balaban J connectivity index is 1.60. The Bertz CT molecular complexity index is 1230. The standard InChI is InChI=1S/C22H19F2N5O2/c1-14(30)26-17-6-4-7-18(11-17)27-22-25-12-15-9-10-29(20(15)28-22)13-16-5-2-3-8-19(16)31-21(23)24/h2-12,21H,13H2,1H3,(H,26,30)(H,25,27,28). The molecule has 4 rings (SSSR count). The van der Waals surface area contributed by atoms with E-state index in [1.165, 1.54) is 13.0 Å². The predicted molar refractivity (Wildman–Crippen MR) is 114 cm³/mol. The van der Waals surface area contributed by atoms with Gasteiger partial charge in [0.15, 0.2) is 0 Å². The number of rotatable bonds is 7. The number of carbonyl (C=O) groups is 1. The van der Waals surface area contributed by atoms with Crippen LogP contribution in [0, 0.1) is 0 Å². The highest BCUT2D eigenvalue weighted by molar-refractivity contribution is 5.89. The van der Waals surface area contributed by atoms with Crippen molar-refractivity contribution in [3.63, 3.8) is 0 Å². The number of aromatic nitrogens is 3. The molecule has 0 fully saturated rings. The quantitative estimate of drug-likeness (QED) is 0.447. The first-order chi connectivity index (χ1) is 15.0. The van der Waals surface area contributed by atoms with Crippen LogP contribution in [0.5, 0.6) is 5.75 Å². The lowest BCUT2D eigenvalue weighted by Gasteiger charge is -2.12. The molecule has 1 amide bonds. The summed E-state index contributed by atoms with van der Waals surface area (Å²) in [6, 6.07) is 15.7. The van der Waals surface area contributed by atoms with Crippen LogP contribution in [0.25, 0.3) is 11.0 Å². The number of nitrogens with one attached hydrogen (secondary N) is 2. The van der Waals surface area contributed by atoms with Crippen molar-refractivity contribution >= 4 is 34.3 Å². The highest BCUT2D eigenvalue weighted by Crippen LogP contribution is 2.24. The number of hydrogen-bond donors (Lipinski definition) is 2. The Morgan fingerprint density at radius 3 is 2.74 bits per heavy atom. The van der Waals surface area contributed by atoms with Gasteiger partial charge in [0.25, 0.3) is 0 Å². The Morgan fingerprint density at radius 1 is 1.13 bits per heavy atom. The van der Waals surface area contributed by atoms with Crippen molar-refractivity contribution in [2.45, 2.75) is 20.1 Å². The van der Waals surface area contributed by atoms with E-state index in [-0.39, 0.29) is 11.7 Å². The average molecular weight is 423 g/mol. The molecule has 0 atom stereocenters. The highest BCUT2D eigenvalue weighted by atomic mass is 19.3. The van der Waals surface area contributed by atoms with Gasteiger partial charge in [0.05, 0.1) is 6.54 Å². The molecule has 0 saturated carbocycles. The van der Waals surface area contributed by atoms with Crippen LogP contribution in [0.4, 0.5) is 26.1 Å². The maximum atomic E-state index is 12.7. The normalized spacial score (nSPS) is 11.0. The van der Waals surface area contributed by atoms with E-state index >= 15 is 0 Å². The second kappa shape index (κ2) is 8.78. The van der Waals surface area contributed by atoms with Crippen molar-refractivity contribution in [2.75, 3.05) is 10.6 Å². The fourth-order valence-electron chi connectivity index (χ4n) is 3.19. The van der Waals surface area contributed by atoms with Crippen LogP contribution in [0.15, 0.2) is 67.0 Å². The fraction of sp³-hybridized carbons (Fsp3) is 0.136. The zero-order valence-electron chi connectivity index (χ0n) is 16.5. The smallest absolute Gasteiger partial charge is 0.387 e. The molecule has 2 N–H and O–H groups in total. The van der Waals surface area contributed by atoms with Crippen LogP contribution >= 0.6 is 0 Å². The number of nitrogens with zero attached hydrogens (tertiary/aromatic N) is 3. The monoisotopic (exact) mass is 423 g/mol. The highest BCUT2D eigenvalue weighted by Gasteiger charge is 2.12. The summed E-state index contributed by atoms with van der Waals surface area (Å²) in [5.41, 5.74) is 2.61. The Morgan fingerprint density at radius 2 is 1.94 bits per heavy atom. The third kappa shape index (κ3) is 4.95. The molecule has 7 nitrogen and oxygen atoms in total. The van der Waals surface area contributed by atoms with Gasteiger partial charge in [-0.05, 0) is 30.3 Å². The summed E-state index contributed by atoms with van der Waals surface area (Å²) >= 11 is 0. The van der Waals surface area contributed by atoms with Gasteiger partial charge in [-0.1, -0.05) is 24.3 Å². The first-order valence-corrected chi connectivity index (χ1v) is 9.47. The zero-order valence-corrected chi connectivity index (χ0v) is 16.5. The van der Waals surface area contributed by atoms with Crippen molar-refractivity contribution in [1.82, 2.24) is 14.5 Å². The molecule has 0 bridgehead atoms. The van der Waals surface area contributed by atoms with Crippen molar-refractivity contribution in [1.29, 1.82) is 0 Å². The van der Waals surface area contributed by atoms with Gasteiger partial charge < -0.3 is 19.9 Å². The maximum absolute atomic E-state index is 12.7. The topological polar surface area (TPSA) is 81.1 Å². The summed E-state index contributed by atoms with van der Waals surface area (Å²) in [5.74, 6) is 0.329. The molecule has 2 aromatic carbocycles. The summed E-state index contributed by atoms with van der Waals surface area (Å²) in [5, 5.41) is 6.65. The molecule has 2 aromatic heterocycles. The number of para-hydroxylation sites is 1. The summed E-state index contributed by atoms with van der Waals surface area (Å²) in [7, 11) is 0. The Hall–Kier alpha value is -4.01.